The first-order chi connectivity index (χ1) is 9.17. The third-order valence-electron chi connectivity index (χ3n) is 2.41. The Labute approximate surface area is 118 Å². The van der Waals surface area contributed by atoms with E-state index in [9.17, 15) is 9.59 Å². The van der Waals surface area contributed by atoms with E-state index in [1.54, 1.807) is 24.3 Å². The number of rotatable bonds is 3. The summed E-state index contributed by atoms with van der Waals surface area (Å²) in [4.78, 5) is 22.4. The van der Waals surface area contributed by atoms with Crippen molar-refractivity contribution in [1.29, 1.82) is 0 Å². The number of benzene rings is 1. The number of nitrogens with two attached hydrogens (primary N) is 1. The zero-order valence-electron chi connectivity index (χ0n) is 12.2. The molecule has 0 fully saturated rings. The molecule has 0 saturated carbocycles. The van der Waals surface area contributed by atoms with E-state index in [1.165, 1.54) is 0 Å². The van der Waals surface area contributed by atoms with Crippen molar-refractivity contribution in [3.8, 4) is 0 Å². The van der Waals surface area contributed by atoms with E-state index in [-0.39, 0.29) is 6.04 Å². The number of urea groups is 1. The number of nitrogens with one attached hydrogen (secondary N) is 2. The smallest absolute Gasteiger partial charge is 0.408 e. The summed E-state index contributed by atoms with van der Waals surface area (Å²) >= 11 is 0. The molecule has 6 nitrogen and oxygen atoms in total. The van der Waals surface area contributed by atoms with Crippen molar-refractivity contribution in [2.45, 2.75) is 39.3 Å². The number of amides is 3. The molecule has 0 saturated heterocycles. The Bertz CT molecular complexity index is 477. The molecule has 1 aromatic rings. The highest BCUT2D eigenvalue weighted by Crippen LogP contribution is 2.17. The third-order valence-corrected chi connectivity index (χ3v) is 2.41. The fraction of sp³-hybridized carbons (Fsp3) is 0.429. The minimum atomic E-state index is -0.613. The summed E-state index contributed by atoms with van der Waals surface area (Å²) in [6.45, 7) is 7.27. The van der Waals surface area contributed by atoms with E-state index in [2.05, 4.69) is 10.6 Å². The number of carbonyl (C=O) groups is 2. The average Bonchev–Trinajstić information content (AvgIpc) is 2.26. The summed E-state index contributed by atoms with van der Waals surface area (Å²) < 4.78 is 5.18. The van der Waals surface area contributed by atoms with Gasteiger partial charge in [0.25, 0.3) is 0 Å². The molecule has 20 heavy (non-hydrogen) atoms. The van der Waals surface area contributed by atoms with E-state index in [0.717, 1.165) is 5.56 Å². The van der Waals surface area contributed by atoms with Gasteiger partial charge < -0.3 is 21.1 Å². The summed E-state index contributed by atoms with van der Waals surface area (Å²) in [6, 6.07) is 6.21. The van der Waals surface area contributed by atoms with Crippen LogP contribution in [0.3, 0.4) is 0 Å². The van der Waals surface area contributed by atoms with E-state index in [1.807, 2.05) is 27.7 Å². The highest BCUT2D eigenvalue weighted by atomic mass is 16.6. The molecule has 0 radical (unpaired) electrons. The van der Waals surface area contributed by atoms with Gasteiger partial charge in [0, 0.05) is 5.69 Å². The molecule has 1 rings (SSSR count). The normalized spacial score (nSPS) is 12.4. The van der Waals surface area contributed by atoms with Crippen LogP contribution in [0, 0.1) is 0 Å². The molecule has 1 atom stereocenters. The first-order valence-electron chi connectivity index (χ1n) is 6.33. The molecule has 0 bridgehead atoms. The Hall–Kier alpha value is -2.24. The van der Waals surface area contributed by atoms with Gasteiger partial charge in [0.15, 0.2) is 0 Å². The molecule has 0 aliphatic rings. The standard InChI is InChI=1S/C14H21N3O3/c1-9(16-13(19)20-14(2,3)4)10-5-7-11(8-6-10)17-12(15)18/h5-9H,1-4H3,(H,16,19)(H3,15,17,18). The Balaban J connectivity index is 2.61. The lowest BCUT2D eigenvalue weighted by atomic mass is 10.1. The van der Waals surface area contributed by atoms with Crippen LogP contribution >= 0.6 is 0 Å². The molecule has 0 aliphatic heterocycles. The van der Waals surface area contributed by atoms with Gasteiger partial charge in [-0.3, -0.25) is 0 Å². The quantitative estimate of drug-likeness (QED) is 0.794. The average molecular weight is 279 g/mol. The lowest BCUT2D eigenvalue weighted by Gasteiger charge is -2.22. The summed E-state index contributed by atoms with van der Waals surface area (Å²) in [5.74, 6) is 0. The minimum absolute atomic E-state index is 0.201. The van der Waals surface area contributed by atoms with Crippen LogP contribution in [0.4, 0.5) is 15.3 Å². The lowest BCUT2D eigenvalue weighted by Crippen LogP contribution is -2.34. The molecule has 1 aromatic carbocycles. The van der Waals surface area contributed by atoms with Crippen molar-refractivity contribution in [2.24, 2.45) is 5.73 Å². The van der Waals surface area contributed by atoms with Gasteiger partial charge in [0.1, 0.15) is 5.60 Å². The van der Waals surface area contributed by atoms with Gasteiger partial charge in [-0.2, -0.15) is 0 Å². The number of hydrogen-bond donors (Lipinski definition) is 3. The fourth-order valence-corrected chi connectivity index (χ4v) is 1.57. The first kappa shape index (κ1) is 15.8. The lowest BCUT2D eigenvalue weighted by molar-refractivity contribution is 0.0508. The summed E-state index contributed by atoms with van der Waals surface area (Å²) in [6.07, 6.45) is -0.468. The third kappa shape index (κ3) is 5.60. The van der Waals surface area contributed by atoms with Crippen molar-refractivity contribution < 1.29 is 14.3 Å². The van der Waals surface area contributed by atoms with Crippen molar-refractivity contribution in [3.05, 3.63) is 29.8 Å². The number of carbonyl (C=O) groups excluding carboxylic acids is 2. The maximum absolute atomic E-state index is 11.6. The second-order valence-corrected chi connectivity index (χ2v) is 5.48. The van der Waals surface area contributed by atoms with E-state index in [4.69, 9.17) is 10.5 Å². The van der Waals surface area contributed by atoms with E-state index < -0.39 is 17.7 Å². The molecule has 110 valence electrons. The molecule has 1 unspecified atom stereocenters. The van der Waals surface area contributed by atoms with Crippen molar-refractivity contribution in [1.82, 2.24) is 5.32 Å². The van der Waals surface area contributed by atoms with Crippen LogP contribution in [-0.2, 0) is 4.74 Å². The number of primary amides is 1. The maximum atomic E-state index is 11.6. The van der Waals surface area contributed by atoms with E-state index in [0.29, 0.717) is 5.69 Å². The first-order valence-corrected chi connectivity index (χ1v) is 6.33. The molecule has 6 heteroatoms. The Morgan fingerprint density at radius 2 is 1.75 bits per heavy atom. The Morgan fingerprint density at radius 3 is 2.20 bits per heavy atom. The van der Waals surface area contributed by atoms with Crippen LogP contribution in [-0.4, -0.2) is 17.7 Å². The zero-order valence-corrected chi connectivity index (χ0v) is 12.2. The highest BCUT2D eigenvalue weighted by molar-refractivity contribution is 5.87. The summed E-state index contributed by atoms with van der Waals surface area (Å²) in [5, 5.41) is 5.21. The van der Waals surface area contributed by atoms with Crippen LogP contribution in [0.2, 0.25) is 0 Å². The summed E-state index contributed by atoms with van der Waals surface area (Å²) in [5.41, 5.74) is 5.99. The summed E-state index contributed by atoms with van der Waals surface area (Å²) in [7, 11) is 0. The van der Waals surface area contributed by atoms with Crippen molar-refractivity contribution >= 4 is 17.8 Å². The van der Waals surface area contributed by atoms with Crippen LogP contribution in [0.15, 0.2) is 24.3 Å². The van der Waals surface area contributed by atoms with Crippen LogP contribution in [0.25, 0.3) is 0 Å². The monoisotopic (exact) mass is 279 g/mol. The molecule has 4 N–H and O–H groups in total. The van der Waals surface area contributed by atoms with Gasteiger partial charge in [-0.1, -0.05) is 12.1 Å². The number of hydrogen-bond acceptors (Lipinski definition) is 3. The minimum Gasteiger partial charge on any atom is -0.444 e. The highest BCUT2D eigenvalue weighted by Gasteiger charge is 2.18. The molecule has 0 aliphatic carbocycles. The molecule has 0 aromatic heterocycles. The predicted molar refractivity (Wildman–Crippen MR) is 77.4 cm³/mol. The molecule has 0 heterocycles. The van der Waals surface area contributed by atoms with Crippen LogP contribution in [0.1, 0.15) is 39.3 Å². The fourth-order valence-electron chi connectivity index (χ4n) is 1.57. The second-order valence-electron chi connectivity index (χ2n) is 5.48. The SMILES string of the molecule is CC(NC(=O)OC(C)(C)C)c1ccc(NC(N)=O)cc1. The van der Waals surface area contributed by atoms with Gasteiger partial charge in [0.05, 0.1) is 6.04 Å². The number of alkyl carbamates (subject to hydrolysis) is 1. The molecule has 3 amide bonds. The molecular weight excluding hydrogens is 258 g/mol. The molecule has 0 spiro atoms. The van der Waals surface area contributed by atoms with Crippen LogP contribution < -0.4 is 16.4 Å². The topological polar surface area (TPSA) is 93.4 Å². The zero-order chi connectivity index (χ0) is 15.3. The largest absolute Gasteiger partial charge is 0.444 e. The number of anilines is 1. The van der Waals surface area contributed by atoms with Gasteiger partial charge in [-0.05, 0) is 45.4 Å². The van der Waals surface area contributed by atoms with Gasteiger partial charge >= 0.3 is 12.1 Å². The number of ether oxygens (including phenoxy) is 1. The van der Waals surface area contributed by atoms with Crippen molar-refractivity contribution in [3.63, 3.8) is 0 Å². The Kier molecular flexibility index (Phi) is 4.96. The molecular formula is C14H21N3O3. The van der Waals surface area contributed by atoms with Gasteiger partial charge in [0.2, 0.25) is 0 Å². The van der Waals surface area contributed by atoms with Crippen LogP contribution in [0.5, 0.6) is 0 Å². The Morgan fingerprint density at radius 1 is 1.20 bits per heavy atom. The predicted octanol–water partition coefficient (Wildman–Crippen LogP) is 2.76. The second kappa shape index (κ2) is 6.27. The van der Waals surface area contributed by atoms with Gasteiger partial charge in [-0.25, -0.2) is 9.59 Å². The van der Waals surface area contributed by atoms with Crippen molar-refractivity contribution in [2.75, 3.05) is 5.32 Å². The van der Waals surface area contributed by atoms with E-state index >= 15 is 0 Å². The maximum Gasteiger partial charge on any atom is 0.408 e. The van der Waals surface area contributed by atoms with Gasteiger partial charge in [-0.15, -0.1) is 0 Å².